The van der Waals surface area contributed by atoms with Crippen LogP contribution >= 0.6 is 0 Å². The average molecular weight is 247 g/mol. The predicted molar refractivity (Wildman–Crippen MR) is 73.1 cm³/mol. The van der Waals surface area contributed by atoms with E-state index in [2.05, 4.69) is 24.3 Å². The summed E-state index contributed by atoms with van der Waals surface area (Å²) in [6.07, 6.45) is 0. The van der Waals surface area contributed by atoms with Gasteiger partial charge in [0.25, 0.3) is 0 Å². The number of nitrogens with two attached hydrogens (primary N) is 1. The zero-order valence-corrected chi connectivity index (χ0v) is 11.1. The average Bonchev–Trinajstić information content (AvgIpc) is 2.32. The summed E-state index contributed by atoms with van der Waals surface area (Å²) in [4.78, 5) is 4.40. The standard InChI is InChI=1S/C14H18FN3/c1-7(2)11-9(4)17-13-10(15)6-5-8(3)12(13)14(11)18-16/h5-7H,16H2,1-4H3,(H,17,18). The van der Waals surface area contributed by atoms with Crippen LogP contribution in [0, 0.1) is 19.7 Å². The van der Waals surface area contributed by atoms with Crippen molar-refractivity contribution in [3.8, 4) is 0 Å². The zero-order chi connectivity index (χ0) is 13.4. The molecule has 0 fully saturated rings. The minimum Gasteiger partial charge on any atom is -0.323 e. The highest BCUT2D eigenvalue weighted by atomic mass is 19.1. The van der Waals surface area contributed by atoms with Crippen LogP contribution in [0.15, 0.2) is 12.1 Å². The Morgan fingerprint density at radius 2 is 1.94 bits per heavy atom. The van der Waals surface area contributed by atoms with Crippen molar-refractivity contribution in [2.75, 3.05) is 5.43 Å². The van der Waals surface area contributed by atoms with Gasteiger partial charge in [-0.3, -0.25) is 5.84 Å². The molecule has 0 radical (unpaired) electrons. The molecule has 0 aliphatic heterocycles. The molecule has 0 saturated carbocycles. The highest BCUT2D eigenvalue weighted by Gasteiger charge is 2.18. The first-order valence-corrected chi connectivity index (χ1v) is 6.03. The van der Waals surface area contributed by atoms with Gasteiger partial charge in [-0.2, -0.15) is 0 Å². The normalized spacial score (nSPS) is 11.3. The number of hydrogen-bond acceptors (Lipinski definition) is 3. The van der Waals surface area contributed by atoms with E-state index in [0.29, 0.717) is 5.52 Å². The third-order valence-electron chi connectivity index (χ3n) is 3.25. The van der Waals surface area contributed by atoms with Crippen molar-refractivity contribution in [3.05, 3.63) is 34.8 Å². The second-order valence-electron chi connectivity index (χ2n) is 4.87. The lowest BCUT2D eigenvalue weighted by molar-refractivity contribution is 0.636. The van der Waals surface area contributed by atoms with Crippen LogP contribution in [0.25, 0.3) is 10.9 Å². The Morgan fingerprint density at radius 3 is 2.50 bits per heavy atom. The van der Waals surface area contributed by atoms with E-state index in [1.54, 1.807) is 6.07 Å². The van der Waals surface area contributed by atoms with Gasteiger partial charge in [-0.1, -0.05) is 19.9 Å². The van der Waals surface area contributed by atoms with E-state index in [-0.39, 0.29) is 11.7 Å². The second-order valence-corrected chi connectivity index (χ2v) is 4.87. The van der Waals surface area contributed by atoms with Crippen LogP contribution in [0.1, 0.15) is 36.6 Å². The molecule has 96 valence electrons. The molecule has 0 aliphatic carbocycles. The van der Waals surface area contributed by atoms with Gasteiger partial charge in [0, 0.05) is 16.6 Å². The molecule has 0 unspecified atom stereocenters. The van der Waals surface area contributed by atoms with Gasteiger partial charge in [-0.15, -0.1) is 0 Å². The van der Waals surface area contributed by atoms with Crippen LogP contribution in [0.3, 0.4) is 0 Å². The van der Waals surface area contributed by atoms with Gasteiger partial charge in [-0.25, -0.2) is 9.37 Å². The number of hydrogen-bond donors (Lipinski definition) is 2. The van der Waals surface area contributed by atoms with Crippen LogP contribution in [-0.2, 0) is 0 Å². The lowest BCUT2D eigenvalue weighted by Crippen LogP contribution is -2.13. The minimum absolute atomic E-state index is 0.274. The fraction of sp³-hybridized carbons (Fsp3) is 0.357. The van der Waals surface area contributed by atoms with Crippen molar-refractivity contribution in [2.45, 2.75) is 33.6 Å². The number of pyridine rings is 1. The zero-order valence-electron chi connectivity index (χ0n) is 11.1. The number of rotatable bonds is 2. The summed E-state index contributed by atoms with van der Waals surface area (Å²) in [5.74, 6) is 5.60. The molecule has 0 saturated heterocycles. The van der Waals surface area contributed by atoms with Crippen molar-refractivity contribution in [3.63, 3.8) is 0 Å². The Labute approximate surface area is 106 Å². The molecule has 0 bridgehead atoms. The Kier molecular flexibility index (Phi) is 3.22. The van der Waals surface area contributed by atoms with Gasteiger partial charge in [-0.05, 0) is 31.4 Å². The first kappa shape index (κ1) is 12.8. The van der Waals surface area contributed by atoms with Gasteiger partial charge >= 0.3 is 0 Å². The topological polar surface area (TPSA) is 50.9 Å². The SMILES string of the molecule is Cc1nc2c(F)ccc(C)c2c(NN)c1C(C)C. The molecule has 1 aromatic carbocycles. The lowest BCUT2D eigenvalue weighted by atomic mass is 9.95. The molecule has 2 aromatic rings. The van der Waals surface area contributed by atoms with Gasteiger partial charge in [0.2, 0.25) is 0 Å². The number of fused-ring (bicyclic) bond motifs is 1. The van der Waals surface area contributed by atoms with Crippen molar-refractivity contribution >= 4 is 16.6 Å². The van der Waals surface area contributed by atoms with E-state index < -0.39 is 0 Å². The summed E-state index contributed by atoms with van der Waals surface area (Å²) in [6, 6.07) is 3.19. The molecular formula is C14H18FN3. The van der Waals surface area contributed by atoms with Crippen LogP contribution < -0.4 is 11.3 Å². The maximum absolute atomic E-state index is 13.9. The van der Waals surface area contributed by atoms with Crippen LogP contribution in [0.4, 0.5) is 10.1 Å². The number of nitrogens with one attached hydrogen (secondary N) is 1. The van der Waals surface area contributed by atoms with E-state index in [1.807, 2.05) is 13.8 Å². The van der Waals surface area contributed by atoms with E-state index in [9.17, 15) is 4.39 Å². The van der Waals surface area contributed by atoms with E-state index in [0.717, 1.165) is 27.9 Å². The van der Waals surface area contributed by atoms with E-state index >= 15 is 0 Å². The summed E-state index contributed by atoms with van der Waals surface area (Å²) >= 11 is 0. The highest BCUT2D eigenvalue weighted by Crippen LogP contribution is 2.35. The fourth-order valence-electron chi connectivity index (χ4n) is 2.49. The van der Waals surface area contributed by atoms with Crippen LogP contribution in [0.5, 0.6) is 0 Å². The van der Waals surface area contributed by atoms with Gasteiger partial charge in [0.15, 0.2) is 0 Å². The molecule has 2 rings (SSSR count). The monoisotopic (exact) mass is 247 g/mol. The number of halogens is 1. The Hall–Kier alpha value is -1.68. The van der Waals surface area contributed by atoms with Crippen molar-refractivity contribution in [1.29, 1.82) is 0 Å². The minimum atomic E-state index is -0.314. The number of hydrazine groups is 1. The van der Waals surface area contributed by atoms with Crippen molar-refractivity contribution < 1.29 is 4.39 Å². The molecule has 1 heterocycles. The molecular weight excluding hydrogens is 229 g/mol. The van der Waals surface area contributed by atoms with E-state index in [1.165, 1.54) is 6.07 Å². The third-order valence-corrected chi connectivity index (χ3v) is 3.25. The number of anilines is 1. The Morgan fingerprint density at radius 1 is 1.28 bits per heavy atom. The van der Waals surface area contributed by atoms with Crippen molar-refractivity contribution in [1.82, 2.24) is 4.98 Å². The summed E-state index contributed by atoms with van der Waals surface area (Å²) in [7, 11) is 0. The van der Waals surface area contributed by atoms with Gasteiger partial charge in [0.1, 0.15) is 11.3 Å². The fourth-order valence-corrected chi connectivity index (χ4v) is 2.49. The number of aryl methyl sites for hydroxylation is 2. The molecule has 0 spiro atoms. The number of aromatic nitrogens is 1. The third kappa shape index (κ3) is 1.82. The molecule has 1 aromatic heterocycles. The second kappa shape index (κ2) is 4.53. The van der Waals surface area contributed by atoms with Crippen LogP contribution in [0.2, 0.25) is 0 Å². The first-order valence-electron chi connectivity index (χ1n) is 6.03. The maximum atomic E-state index is 13.9. The molecule has 18 heavy (non-hydrogen) atoms. The number of nitrogens with zero attached hydrogens (tertiary/aromatic N) is 1. The largest absolute Gasteiger partial charge is 0.323 e. The maximum Gasteiger partial charge on any atom is 0.149 e. The first-order chi connectivity index (χ1) is 8.47. The summed E-state index contributed by atoms with van der Waals surface area (Å²) in [5.41, 5.74) is 6.71. The lowest BCUT2D eigenvalue weighted by Gasteiger charge is -2.18. The molecule has 3 nitrogen and oxygen atoms in total. The Bertz CT molecular complexity index is 606. The van der Waals surface area contributed by atoms with Crippen LogP contribution in [-0.4, -0.2) is 4.98 Å². The summed E-state index contributed by atoms with van der Waals surface area (Å²) in [5, 5.41) is 0.770. The summed E-state index contributed by atoms with van der Waals surface area (Å²) < 4.78 is 13.9. The number of nitrogen functional groups attached to an aromatic ring is 1. The van der Waals surface area contributed by atoms with Crippen molar-refractivity contribution in [2.24, 2.45) is 5.84 Å². The predicted octanol–water partition coefficient (Wildman–Crippen LogP) is 3.40. The summed E-state index contributed by atoms with van der Waals surface area (Å²) in [6.45, 7) is 7.97. The van der Waals surface area contributed by atoms with E-state index in [4.69, 9.17) is 5.84 Å². The highest BCUT2D eigenvalue weighted by molar-refractivity contribution is 5.96. The Balaban J connectivity index is 2.99. The van der Waals surface area contributed by atoms with Gasteiger partial charge in [0.05, 0.1) is 5.69 Å². The molecule has 0 amide bonds. The quantitative estimate of drug-likeness (QED) is 0.631. The molecule has 3 N–H and O–H groups in total. The smallest absolute Gasteiger partial charge is 0.149 e. The molecule has 4 heteroatoms. The molecule has 0 atom stereocenters. The molecule has 0 aliphatic rings. The van der Waals surface area contributed by atoms with Gasteiger partial charge < -0.3 is 5.43 Å². The number of benzene rings is 1.